The molecule has 2 aromatic carbocycles. The molecule has 0 unspecified atom stereocenters. The molecular formula is C19H17BrN2O3S. The number of amides is 1. The zero-order valence-electron chi connectivity index (χ0n) is 14.2. The number of fused-ring (bicyclic) bond motifs is 2. The molecule has 4 rings (SSSR count). The molecule has 0 radical (unpaired) electrons. The number of carbonyl (C=O) groups is 1. The van der Waals surface area contributed by atoms with Crippen molar-refractivity contribution in [1.29, 1.82) is 0 Å². The van der Waals surface area contributed by atoms with Crippen LogP contribution in [0.25, 0.3) is 10.2 Å². The Labute approximate surface area is 163 Å². The van der Waals surface area contributed by atoms with E-state index in [0.29, 0.717) is 23.6 Å². The maximum Gasteiger partial charge on any atom is 0.279 e. The fourth-order valence-electron chi connectivity index (χ4n) is 2.88. The second-order valence-electron chi connectivity index (χ2n) is 5.92. The van der Waals surface area contributed by atoms with E-state index in [1.807, 2.05) is 24.3 Å². The van der Waals surface area contributed by atoms with E-state index in [4.69, 9.17) is 9.47 Å². The molecule has 0 atom stereocenters. The van der Waals surface area contributed by atoms with Gasteiger partial charge in [0, 0.05) is 28.7 Å². The minimum atomic E-state index is -0.244. The van der Waals surface area contributed by atoms with E-state index >= 15 is 0 Å². The van der Waals surface area contributed by atoms with Crippen molar-refractivity contribution < 1.29 is 14.3 Å². The maximum atomic E-state index is 12.6. The first-order valence-electron chi connectivity index (χ1n) is 8.43. The molecule has 0 saturated heterocycles. The van der Waals surface area contributed by atoms with Crippen molar-refractivity contribution >= 4 is 43.4 Å². The van der Waals surface area contributed by atoms with Crippen LogP contribution in [-0.4, -0.2) is 23.7 Å². The standard InChI is InChI=1S/C19H17BrN2O3S/c1-2-7-22-14-10-15-16(25-9-8-24-15)11-17(14)26-19(22)21-18(23)12-3-5-13(20)6-4-12/h3-6,10-11H,2,7-9H2,1H3. The van der Waals surface area contributed by atoms with Crippen LogP contribution >= 0.6 is 27.3 Å². The summed E-state index contributed by atoms with van der Waals surface area (Å²) >= 11 is 4.87. The Morgan fingerprint density at radius 2 is 1.88 bits per heavy atom. The SMILES string of the molecule is CCCn1c(=NC(=O)c2ccc(Br)cc2)sc2cc3c(cc21)OCCO3. The Morgan fingerprint density at radius 3 is 2.58 bits per heavy atom. The molecular weight excluding hydrogens is 416 g/mol. The van der Waals surface area contributed by atoms with E-state index in [0.717, 1.165) is 39.2 Å². The van der Waals surface area contributed by atoms with E-state index in [1.165, 1.54) is 11.3 Å². The smallest absolute Gasteiger partial charge is 0.279 e. The van der Waals surface area contributed by atoms with E-state index in [1.54, 1.807) is 12.1 Å². The average molecular weight is 433 g/mol. The van der Waals surface area contributed by atoms with Gasteiger partial charge in [-0.2, -0.15) is 4.99 Å². The van der Waals surface area contributed by atoms with Gasteiger partial charge >= 0.3 is 0 Å². The van der Waals surface area contributed by atoms with Gasteiger partial charge in [0.25, 0.3) is 5.91 Å². The third kappa shape index (κ3) is 3.29. The number of halogens is 1. The largest absolute Gasteiger partial charge is 0.486 e. The van der Waals surface area contributed by atoms with E-state index in [2.05, 4.69) is 32.4 Å². The van der Waals surface area contributed by atoms with Gasteiger partial charge in [0.15, 0.2) is 16.3 Å². The van der Waals surface area contributed by atoms with Gasteiger partial charge in [-0.15, -0.1) is 0 Å². The van der Waals surface area contributed by atoms with E-state index in [-0.39, 0.29) is 5.91 Å². The quantitative estimate of drug-likeness (QED) is 0.616. The fourth-order valence-corrected chi connectivity index (χ4v) is 4.20. The van der Waals surface area contributed by atoms with Crippen LogP contribution in [0, 0.1) is 0 Å². The number of carbonyl (C=O) groups excluding carboxylic acids is 1. The van der Waals surface area contributed by atoms with Crippen molar-refractivity contribution in [2.45, 2.75) is 19.9 Å². The van der Waals surface area contributed by atoms with E-state index in [9.17, 15) is 4.79 Å². The number of thiazole rings is 1. The zero-order chi connectivity index (χ0) is 18.1. The number of aromatic nitrogens is 1. The summed E-state index contributed by atoms with van der Waals surface area (Å²) in [7, 11) is 0. The highest BCUT2D eigenvalue weighted by Gasteiger charge is 2.16. The number of aryl methyl sites for hydroxylation is 1. The van der Waals surface area contributed by atoms with Gasteiger partial charge in [0.05, 0.1) is 10.2 Å². The Balaban J connectivity index is 1.84. The molecule has 0 aliphatic carbocycles. The van der Waals surface area contributed by atoms with Crippen LogP contribution in [0.3, 0.4) is 0 Å². The summed E-state index contributed by atoms with van der Waals surface area (Å²) in [6.07, 6.45) is 0.944. The molecule has 1 aromatic heterocycles. The highest BCUT2D eigenvalue weighted by atomic mass is 79.9. The Hall–Kier alpha value is -2.12. The van der Waals surface area contributed by atoms with Crippen LogP contribution in [-0.2, 0) is 6.54 Å². The lowest BCUT2D eigenvalue weighted by Crippen LogP contribution is -2.17. The van der Waals surface area contributed by atoms with Crippen LogP contribution in [0.4, 0.5) is 0 Å². The number of benzene rings is 2. The summed E-state index contributed by atoms with van der Waals surface area (Å²) in [5.41, 5.74) is 1.59. The van der Waals surface area contributed by atoms with Gasteiger partial charge in [-0.3, -0.25) is 4.79 Å². The van der Waals surface area contributed by atoms with Gasteiger partial charge in [0.2, 0.25) is 0 Å². The second kappa shape index (κ2) is 7.25. The first-order valence-corrected chi connectivity index (χ1v) is 10.0. The lowest BCUT2D eigenvalue weighted by atomic mass is 10.2. The third-order valence-corrected chi connectivity index (χ3v) is 5.65. The van der Waals surface area contributed by atoms with Gasteiger partial charge in [-0.05, 0) is 30.7 Å². The normalized spacial score (nSPS) is 14.0. The number of nitrogens with zero attached hydrogens (tertiary/aromatic N) is 2. The van der Waals surface area contributed by atoms with Crippen molar-refractivity contribution in [1.82, 2.24) is 4.57 Å². The molecule has 26 heavy (non-hydrogen) atoms. The fraction of sp³-hybridized carbons (Fsp3) is 0.263. The van der Waals surface area contributed by atoms with E-state index < -0.39 is 0 Å². The number of hydrogen-bond donors (Lipinski definition) is 0. The van der Waals surface area contributed by atoms with Crippen LogP contribution in [0.2, 0.25) is 0 Å². The lowest BCUT2D eigenvalue weighted by molar-refractivity contribution is 0.0998. The predicted molar refractivity (Wildman–Crippen MR) is 105 cm³/mol. The molecule has 0 bridgehead atoms. The van der Waals surface area contributed by atoms with Crippen LogP contribution in [0.1, 0.15) is 23.7 Å². The van der Waals surface area contributed by atoms with Gasteiger partial charge in [-0.25, -0.2) is 0 Å². The Kier molecular flexibility index (Phi) is 4.82. The van der Waals surface area contributed by atoms with Gasteiger partial charge in [-0.1, -0.05) is 34.2 Å². The third-order valence-electron chi connectivity index (χ3n) is 4.08. The summed E-state index contributed by atoms with van der Waals surface area (Å²) in [5.74, 6) is 1.25. The number of rotatable bonds is 3. The van der Waals surface area contributed by atoms with Crippen molar-refractivity contribution in [3.05, 3.63) is 51.2 Å². The van der Waals surface area contributed by atoms with Gasteiger partial charge < -0.3 is 14.0 Å². The van der Waals surface area contributed by atoms with Crippen molar-refractivity contribution in [3.8, 4) is 11.5 Å². The molecule has 1 amide bonds. The monoisotopic (exact) mass is 432 g/mol. The highest BCUT2D eigenvalue weighted by molar-refractivity contribution is 9.10. The van der Waals surface area contributed by atoms with Crippen LogP contribution < -0.4 is 14.3 Å². The molecule has 2 heterocycles. The van der Waals surface area contributed by atoms with Crippen LogP contribution in [0.15, 0.2) is 45.9 Å². The summed E-state index contributed by atoms with van der Waals surface area (Å²) < 4.78 is 15.4. The topological polar surface area (TPSA) is 52.8 Å². The average Bonchev–Trinajstić information content (AvgIpc) is 2.97. The molecule has 1 aliphatic heterocycles. The van der Waals surface area contributed by atoms with Crippen molar-refractivity contribution in [3.63, 3.8) is 0 Å². The molecule has 3 aromatic rings. The lowest BCUT2D eigenvalue weighted by Gasteiger charge is -2.18. The van der Waals surface area contributed by atoms with Crippen LogP contribution in [0.5, 0.6) is 11.5 Å². The molecule has 134 valence electrons. The second-order valence-corrected chi connectivity index (χ2v) is 7.85. The summed E-state index contributed by atoms with van der Waals surface area (Å²) in [6.45, 7) is 3.99. The highest BCUT2D eigenvalue weighted by Crippen LogP contribution is 2.35. The first kappa shape index (κ1) is 17.3. The molecule has 0 fully saturated rings. The minimum Gasteiger partial charge on any atom is -0.486 e. The maximum absolute atomic E-state index is 12.6. The molecule has 0 spiro atoms. The Bertz CT molecular complexity index is 1040. The molecule has 7 heteroatoms. The predicted octanol–water partition coefficient (Wildman–Crippen LogP) is 4.39. The summed E-state index contributed by atoms with van der Waals surface area (Å²) in [6, 6.07) is 11.2. The number of hydrogen-bond acceptors (Lipinski definition) is 4. The first-order chi connectivity index (χ1) is 12.7. The summed E-state index contributed by atoms with van der Waals surface area (Å²) in [4.78, 5) is 17.7. The zero-order valence-corrected chi connectivity index (χ0v) is 16.6. The molecule has 0 saturated carbocycles. The molecule has 0 N–H and O–H groups in total. The summed E-state index contributed by atoms with van der Waals surface area (Å²) in [5, 5.41) is 0. The Morgan fingerprint density at radius 1 is 1.19 bits per heavy atom. The van der Waals surface area contributed by atoms with Crippen molar-refractivity contribution in [2.24, 2.45) is 4.99 Å². The molecule has 5 nitrogen and oxygen atoms in total. The van der Waals surface area contributed by atoms with Gasteiger partial charge in [0.1, 0.15) is 13.2 Å². The van der Waals surface area contributed by atoms with Crippen molar-refractivity contribution in [2.75, 3.05) is 13.2 Å². The number of ether oxygens (including phenoxy) is 2. The minimum absolute atomic E-state index is 0.244. The molecule has 1 aliphatic rings.